The maximum atomic E-state index is 12.4. The molecule has 26 heavy (non-hydrogen) atoms. The molecule has 0 unspecified atom stereocenters. The van der Waals surface area contributed by atoms with Crippen molar-refractivity contribution in [3.05, 3.63) is 50.4 Å². The number of benzene rings is 1. The van der Waals surface area contributed by atoms with Crippen LogP contribution in [0, 0.1) is 6.92 Å². The van der Waals surface area contributed by atoms with Gasteiger partial charge in [0.15, 0.2) is 0 Å². The Morgan fingerprint density at radius 1 is 1.38 bits per heavy atom. The number of hydrogen-bond acceptors (Lipinski definition) is 4. The average Bonchev–Trinajstić information content (AvgIpc) is 3.36. The third-order valence-corrected chi connectivity index (χ3v) is 4.65. The maximum Gasteiger partial charge on any atom is 0.340 e. The average molecular weight is 376 g/mol. The Morgan fingerprint density at radius 2 is 2.12 bits per heavy atom. The van der Waals surface area contributed by atoms with Gasteiger partial charge in [-0.05, 0) is 51.3 Å². The van der Waals surface area contributed by atoms with Gasteiger partial charge in [-0.25, -0.2) is 4.79 Å². The van der Waals surface area contributed by atoms with Crippen molar-refractivity contribution < 1.29 is 13.9 Å². The van der Waals surface area contributed by atoms with Crippen molar-refractivity contribution in [1.29, 1.82) is 0 Å². The highest BCUT2D eigenvalue weighted by molar-refractivity contribution is 6.32. The van der Waals surface area contributed by atoms with Crippen molar-refractivity contribution in [3.63, 3.8) is 0 Å². The molecule has 0 bridgehead atoms. The van der Waals surface area contributed by atoms with E-state index in [1.165, 1.54) is 0 Å². The number of fused-ring (bicyclic) bond motifs is 1. The number of carbonyl (C=O) groups excluding carboxylic acids is 1. The van der Waals surface area contributed by atoms with E-state index in [9.17, 15) is 9.59 Å². The summed E-state index contributed by atoms with van der Waals surface area (Å²) in [5.74, 6) is 0.300. The van der Waals surface area contributed by atoms with Crippen LogP contribution in [0.25, 0.3) is 11.0 Å². The van der Waals surface area contributed by atoms with E-state index in [1.807, 2.05) is 19.9 Å². The van der Waals surface area contributed by atoms with E-state index in [4.69, 9.17) is 20.8 Å². The van der Waals surface area contributed by atoms with Crippen molar-refractivity contribution in [3.8, 4) is 5.75 Å². The van der Waals surface area contributed by atoms with Gasteiger partial charge in [0, 0.05) is 17.5 Å². The Kier molecular flexibility index (Phi) is 5.37. The molecule has 0 saturated heterocycles. The SMILES string of the molecule is CC(C)=CCOc1cc2oc(=O)c(CC(=O)NC3CC3)c(C)c2cc1Cl. The molecule has 138 valence electrons. The summed E-state index contributed by atoms with van der Waals surface area (Å²) in [6.07, 6.45) is 3.95. The van der Waals surface area contributed by atoms with Crippen LogP contribution < -0.4 is 15.7 Å². The van der Waals surface area contributed by atoms with Crippen molar-refractivity contribution in [2.75, 3.05) is 6.61 Å². The highest BCUT2D eigenvalue weighted by atomic mass is 35.5. The molecule has 1 aliphatic carbocycles. The largest absolute Gasteiger partial charge is 0.488 e. The number of allylic oxidation sites excluding steroid dienone is 1. The zero-order valence-electron chi connectivity index (χ0n) is 15.1. The summed E-state index contributed by atoms with van der Waals surface area (Å²) in [4.78, 5) is 24.4. The monoisotopic (exact) mass is 375 g/mol. The number of rotatable bonds is 6. The third kappa shape index (κ3) is 4.28. The number of ether oxygens (including phenoxy) is 1. The van der Waals surface area contributed by atoms with Crippen molar-refractivity contribution >= 4 is 28.5 Å². The molecule has 6 heteroatoms. The van der Waals surface area contributed by atoms with Gasteiger partial charge in [-0.2, -0.15) is 0 Å². The predicted molar refractivity (Wildman–Crippen MR) is 102 cm³/mol. The topological polar surface area (TPSA) is 68.5 Å². The summed E-state index contributed by atoms with van der Waals surface area (Å²) in [7, 11) is 0. The second-order valence-corrected chi connectivity index (χ2v) is 7.29. The standard InChI is InChI=1S/C20H22ClNO4/c1-11(2)6-7-25-18-10-17-14(8-16(18)21)12(3)15(20(24)26-17)9-19(23)22-13-4-5-13/h6,8,10,13H,4-5,7,9H2,1-3H3,(H,22,23). The molecule has 1 aliphatic rings. The fraction of sp³-hybridized carbons (Fsp3) is 0.400. The summed E-state index contributed by atoms with van der Waals surface area (Å²) < 4.78 is 11.1. The summed E-state index contributed by atoms with van der Waals surface area (Å²) in [6, 6.07) is 3.60. The number of carbonyl (C=O) groups is 1. The van der Waals surface area contributed by atoms with Crippen molar-refractivity contribution in [2.45, 2.75) is 46.1 Å². The molecule has 1 N–H and O–H groups in total. The molecule has 0 radical (unpaired) electrons. The predicted octanol–water partition coefficient (Wildman–Crippen LogP) is 3.92. The molecule has 1 aromatic heterocycles. The Hall–Kier alpha value is -2.27. The van der Waals surface area contributed by atoms with E-state index in [1.54, 1.807) is 19.1 Å². The van der Waals surface area contributed by atoms with Gasteiger partial charge in [0.2, 0.25) is 5.91 Å². The molecule has 0 spiro atoms. The first-order chi connectivity index (χ1) is 12.3. The minimum absolute atomic E-state index is 0.0110. The van der Waals surface area contributed by atoms with E-state index in [0.29, 0.717) is 39.5 Å². The van der Waals surface area contributed by atoms with E-state index in [0.717, 1.165) is 18.4 Å². The molecule has 1 aromatic carbocycles. The zero-order valence-corrected chi connectivity index (χ0v) is 15.9. The lowest BCUT2D eigenvalue weighted by atomic mass is 10.0. The summed E-state index contributed by atoms with van der Waals surface area (Å²) in [5, 5.41) is 4.03. The van der Waals surface area contributed by atoms with Gasteiger partial charge in [0.05, 0.1) is 17.0 Å². The van der Waals surface area contributed by atoms with Crippen molar-refractivity contribution in [1.82, 2.24) is 5.32 Å². The van der Waals surface area contributed by atoms with Gasteiger partial charge in [0.25, 0.3) is 0 Å². The van der Waals surface area contributed by atoms with Gasteiger partial charge >= 0.3 is 5.63 Å². The normalized spacial score (nSPS) is 13.5. The summed E-state index contributed by atoms with van der Waals surface area (Å²) in [5.41, 5.74) is 2.11. The lowest BCUT2D eigenvalue weighted by Crippen LogP contribution is -2.29. The smallest absolute Gasteiger partial charge is 0.340 e. The van der Waals surface area contributed by atoms with Crippen LogP contribution in [0.2, 0.25) is 5.02 Å². The number of nitrogens with one attached hydrogen (secondary N) is 1. The van der Waals surface area contributed by atoms with Crippen LogP contribution in [0.1, 0.15) is 37.8 Å². The second kappa shape index (κ2) is 7.54. The Balaban J connectivity index is 1.91. The van der Waals surface area contributed by atoms with Crippen LogP contribution >= 0.6 is 11.6 Å². The number of aryl methyl sites for hydroxylation is 1. The number of halogens is 1. The van der Waals surface area contributed by atoms with Crippen LogP contribution in [0.5, 0.6) is 5.75 Å². The van der Waals surface area contributed by atoms with Crippen LogP contribution in [0.15, 0.2) is 33.0 Å². The Morgan fingerprint density at radius 3 is 2.77 bits per heavy atom. The van der Waals surface area contributed by atoms with Gasteiger partial charge < -0.3 is 14.5 Å². The van der Waals surface area contributed by atoms with Crippen LogP contribution in [0.3, 0.4) is 0 Å². The number of amides is 1. The fourth-order valence-corrected chi connectivity index (χ4v) is 2.89. The first-order valence-corrected chi connectivity index (χ1v) is 9.04. The zero-order chi connectivity index (χ0) is 18.8. The molecule has 2 aromatic rings. The van der Waals surface area contributed by atoms with E-state index in [2.05, 4.69) is 5.32 Å². The molecule has 1 amide bonds. The molecule has 0 atom stereocenters. The van der Waals surface area contributed by atoms with Gasteiger partial charge in [-0.1, -0.05) is 17.2 Å². The molecular formula is C20H22ClNO4. The van der Waals surface area contributed by atoms with Gasteiger partial charge in [-0.15, -0.1) is 0 Å². The molecule has 1 heterocycles. The van der Waals surface area contributed by atoms with Crippen LogP contribution in [-0.2, 0) is 11.2 Å². The van der Waals surface area contributed by atoms with Crippen LogP contribution in [-0.4, -0.2) is 18.6 Å². The fourth-order valence-electron chi connectivity index (χ4n) is 2.67. The summed E-state index contributed by atoms with van der Waals surface area (Å²) >= 11 is 6.32. The molecule has 3 rings (SSSR count). The quantitative estimate of drug-likeness (QED) is 0.613. The minimum Gasteiger partial charge on any atom is -0.488 e. The van der Waals surface area contributed by atoms with Gasteiger partial charge in [-0.3, -0.25) is 4.79 Å². The second-order valence-electron chi connectivity index (χ2n) is 6.88. The minimum atomic E-state index is -0.501. The van der Waals surface area contributed by atoms with Crippen LogP contribution in [0.4, 0.5) is 0 Å². The lowest BCUT2D eigenvalue weighted by Gasteiger charge is -2.11. The van der Waals surface area contributed by atoms with E-state index in [-0.39, 0.29) is 18.4 Å². The molecular weight excluding hydrogens is 354 g/mol. The highest BCUT2D eigenvalue weighted by Gasteiger charge is 2.24. The van der Waals surface area contributed by atoms with Gasteiger partial charge in [0.1, 0.15) is 17.9 Å². The third-order valence-electron chi connectivity index (χ3n) is 4.35. The molecule has 1 saturated carbocycles. The highest BCUT2D eigenvalue weighted by Crippen LogP contribution is 2.32. The van der Waals surface area contributed by atoms with Crippen molar-refractivity contribution in [2.24, 2.45) is 0 Å². The summed E-state index contributed by atoms with van der Waals surface area (Å²) in [6.45, 7) is 6.15. The molecule has 5 nitrogen and oxygen atoms in total. The lowest BCUT2D eigenvalue weighted by molar-refractivity contribution is -0.120. The first kappa shape index (κ1) is 18.5. The molecule has 0 aliphatic heterocycles. The molecule has 1 fully saturated rings. The maximum absolute atomic E-state index is 12.4. The Bertz CT molecular complexity index is 937. The number of hydrogen-bond donors (Lipinski definition) is 1. The Labute approximate surface area is 157 Å². The van der Waals surface area contributed by atoms with E-state index >= 15 is 0 Å². The first-order valence-electron chi connectivity index (χ1n) is 8.66. The van der Waals surface area contributed by atoms with E-state index < -0.39 is 5.63 Å².